The summed E-state index contributed by atoms with van der Waals surface area (Å²) in [6.45, 7) is 3.54. The third kappa shape index (κ3) is 3.84. The van der Waals surface area contributed by atoms with E-state index in [0.29, 0.717) is 5.56 Å². The molecule has 132 valence electrons. The summed E-state index contributed by atoms with van der Waals surface area (Å²) < 4.78 is 12.3. The molecule has 1 fully saturated rings. The van der Waals surface area contributed by atoms with Gasteiger partial charge in [0, 0.05) is 23.1 Å². The highest BCUT2D eigenvalue weighted by Gasteiger charge is 2.24. The Morgan fingerprint density at radius 1 is 1.20 bits per heavy atom. The molecule has 1 aliphatic rings. The minimum Gasteiger partial charge on any atom is -0.497 e. The van der Waals surface area contributed by atoms with Gasteiger partial charge in [-0.2, -0.15) is 0 Å². The van der Waals surface area contributed by atoms with Gasteiger partial charge in [-0.3, -0.25) is 4.79 Å². The van der Waals surface area contributed by atoms with Crippen molar-refractivity contribution in [1.29, 1.82) is 0 Å². The molecule has 1 aromatic carbocycles. The van der Waals surface area contributed by atoms with Crippen molar-refractivity contribution in [2.24, 2.45) is 0 Å². The van der Waals surface area contributed by atoms with Crippen LogP contribution in [0.3, 0.4) is 0 Å². The number of benzene rings is 1. The predicted octanol–water partition coefficient (Wildman–Crippen LogP) is 2.54. The molecule has 0 radical (unpaired) electrons. The SMILES string of the molecule is COc1ccc(-n2c(C)cc(C(=O)OCC(=O)NC3CC3)c2C)cc1. The summed E-state index contributed by atoms with van der Waals surface area (Å²) in [5.41, 5.74) is 3.08. The van der Waals surface area contributed by atoms with Crippen molar-refractivity contribution in [1.82, 2.24) is 9.88 Å². The van der Waals surface area contributed by atoms with Crippen LogP contribution in [-0.2, 0) is 9.53 Å². The zero-order valence-electron chi connectivity index (χ0n) is 14.7. The third-order valence-corrected chi connectivity index (χ3v) is 4.26. The topological polar surface area (TPSA) is 69.6 Å². The summed E-state index contributed by atoms with van der Waals surface area (Å²) >= 11 is 0. The van der Waals surface area contributed by atoms with Gasteiger partial charge in [0.05, 0.1) is 12.7 Å². The minimum absolute atomic E-state index is 0.248. The Kier molecular flexibility index (Phi) is 4.79. The number of nitrogens with zero attached hydrogens (tertiary/aromatic N) is 1. The number of ether oxygens (including phenoxy) is 2. The van der Waals surface area contributed by atoms with Crippen molar-refractivity contribution in [2.75, 3.05) is 13.7 Å². The van der Waals surface area contributed by atoms with Gasteiger partial charge in [-0.05, 0) is 57.0 Å². The minimum atomic E-state index is -0.487. The van der Waals surface area contributed by atoms with Gasteiger partial charge in [-0.1, -0.05) is 0 Å². The van der Waals surface area contributed by atoms with Gasteiger partial charge in [0.15, 0.2) is 6.61 Å². The molecule has 0 saturated heterocycles. The Hall–Kier alpha value is -2.76. The number of hydrogen-bond acceptors (Lipinski definition) is 4. The first-order valence-electron chi connectivity index (χ1n) is 8.29. The first kappa shape index (κ1) is 17.1. The maximum absolute atomic E-state index is 12.3. The number of aromatic nitrogens is 1. The van der Waals surface area contributed by atoms with Crippen LogP contribution < -0.4 is 10.1 Å². The highest BCUT2D eigenvalue weighted by atomic mass is 16.5. The van der Waals surface area contributed by atoms with E-state index in [1.807, 2.05) is 42.7 Å². The van der Waals surface area contributed by atoms with Gasteiger partial charge in [-0.25, -0.2) is 4.79 Å². The summed E-state index contributed by atoms with van der Waals surface area (Å²) in [6, 6.07) is 9.63. The number of methoxy groups -OCH3 is 1. The Morgan fingerprint density at radius 3 is 2.48 bits per heavy atom. The van der Waals surface area contributed by atoms with Crippen molar-refractivity contribution in [3.05, 3.63) is 47.3 Å². The molecule has 0 atom stereocenters. The van der Waals surface area contributed by atoms with Crippen LogP contribution in [0.15, 0.2) is 30.3 Å². The largest absolute Gasteiger partial charge is 0.497 e. The fraction of sp³-hybridized carbons (Fsp3) is 0.368. The zero-order valence-corrected chi connectivity index (χ0v) is 14.7. The molecule has 1 aromatic heterocycles. The van der Waals surface area contributed by atoms with E-state index < -0.39 is 5.97 Å². The first-order valence-corrected chi connectivity index (χ1v) is 8.29. The molecule has 1 heterocycles. The fourth-order valence-electron chi connectivity index (χ4n) is 2.80. The fourth-order valence-corrected chi connectivity index (χ4v) is 2.80. The van der Waals surface area contributed by atoms with Crippen LogP contribution in [0, 0.1) is 13.8 Å². The second-order valence-corrected chi connectivity index (χ2v) is 6.24. The molecular weight excluding hydrogens is 320 g/mol. The number of hydrogen-bond donors (Lipinski definition) is 1. The summed E-state index contributed by atoms with van der Waals surface area (Å²) in [6.07, 6.45) is 2.01. The maximum Gasteiger partial charge on any atom is 0.340 e. The lowest BCUT2D eigenvalue weighted by Crippen LogP contribution is -2.30. The standard InChI is InChI=1S/C19H22N2O4/c1-12-10-17(19(23)25-11-18(22)20-14-4-5-14)13(2)21(12)15-6-8-16(24-3)9-7-15/h6-10,14H,4-5,11H2,1-3H3,(H,20,22). The second kappa shape index (κ2) is 7.01. The lowest BCUT2D eigenvalue weighted by molar-refractivity contribution is -0.124. The van der Waals surface area contributed by atoms with Gasteiger partial charge in [0.25, 0.3) is 5.91 Å². The molecule has 0 bridgehead atoms. The number of rotatable bonds is 6. The number of carbonyl (C=O) groups excluding carboxylic acids is 2. The van der Waals surface area contributed by atoms with E-state index in [0.717, 1.165) is 35.7 Å². The average molecular weight is 342 g/mol. The molecule has 6 nitrogen and oxygen atoms in total. The average Bonchev–Trinajstić information content (AvgIpc) is 3.36. The highest BCUT2D eigenvalue weighted by molar-refractivity contribution is 5.93. The quantitative estimate of drug-likeness (QED) is 0.819. The van der Waals surface area contributed by atoms with Gasteiger partial charge >= 0.3 is 5.97 Å². The van der Waals surface area contributed by atoms with Crippen molar-refractivity contribution >= 4 is 11.9 Å². The summed E-state index contributed by atoms with van der Waals surface area (Å²) in [4.78, 5) is 24.0. The summed E-state index contributed by atoms with van der Waals surface area (Å²) in [5, 5.41) is 2.80. The van der Waals surface area contributed by atoms with Crippen LogP contribution in [-0.4, -0.2) is 36.2 Å². The molecule has 0 unspecified atom stereocenters. The maximum atomic E-state index is 12.3. The molecule has 6 heteroatoms. The number of nitrogens with one attached hydrogen (secondary N) is 1. The molecule has 2 aromatic rings. The Labute approximate surface area is 146 Å². The normalized spacial score (nSPS) is 13.4. The lowest BCUT2D eigenvalue weighted by Gasteiger charge is -2.11. The van der Waals surface area contributed by atoms with Crippen LogP contribution in [0.4, 0.5) is 0 Å². The van der Waals surface area contributed by atoms with Gasteiger partial charge in [0.1, 0.15) is 5.75 Å². The van der Waals surface area contributed by atoms with Crippen LogP contribution in [0.1, 0.15) is 34.6 Å². The monoisotopic (exact) mass is 342 g/mol. The van der Waals surface area contributed by atoms with Crippen LogP contribution >= 0.6 is 0 Å². The molecule has 1 aliphatic carbocycles. The molecule has 0 aliphatic heterocycles. The van der Waals surface area contributed by atoms with Crippen LogP contribution in [0.5, 0.6) is 5.75 Å². The highest BCUT2D eigenvalue weighted by Crippen LogP contribution is 2.23. The molecule has 1 amide bonds. The van der Waals surface area contributed by atoms with Crippen LogP contribution in [0.2, 0.25) is 0 Å². The van der Waals surface area contributed by atoms with Crippen LogP contribution in [0.25, 0.3) is 5.69 Å². The van der Waals surface area contributed by atoms with E-state index in [4.69, 9.17) is 9.47 Å². The van der Waals surface area contributed by atoms with Gasteiger partial charge < -0.3 is 19.4 Å². The smallest absolute Gasteiger partial charge is 0.340 e. The summed E-state index contributed by atoms with van der Waals surface area (Å²) in [5.74, 6) is 0.0335. The van der Waals surface area contributed by atoms with E-state index in [2.05, 4.69) is 5.32 Å². The van der Waals surface area contributed by atoms with E-state index in [9.17, 15) is 9.59 Å². The van der Waals surface area contributed by atoms with Crippen molar-refractivity contribution in [3.8, 4) is 11.4 Å². The van der Waals surface area contributed by atoms with E-state index in [-0.39, 0.29) is 18.6 Å². The summed E-state index contributed by atoms with van der Waals surface area (Å²) in [7, 11) is 1.62. The van der Waals surface area contributed by atoms with Gasteiger partial charge in [0.2, 0.25) is 0 Å². The Balaban J connectivity index is 1.73. The Bertz CT molecular complexity index is 789. The predicted molar refractivity (Wildman–Crippen MR) is 93.2 cm³/mol. The zero-order chi connectivity index (χ0) is 18.0. The molecular formula is C19H22N2O4. The van der Waals surface area contributed by atoms with E-state index >= 15 is 0 Å². The van der Waals surface area contributed by atoms with E-state index in [1.54, 1.807) is 13.2 Å². The lowest BCUT2D eigenvalue weighted by atomic mass is 10.2. The number of amides is 1. The molecule has 1 saturated carbocycles. The second-order valence-electron chi connectivity index (χ2n) is 6.24. The van der Waals surface area contributed by atoms with E-state index in [1.165, 1.54) is 0 Å². The first-order chi connectivity index (χ1) is 12.0. The van der Waals surface area contributed by atoms with Crippen molar-refractivity contribution < 1.29 is 19.1 Å². The molecule has 3 rings (SSSR count). The number of carbonyl (C=O) groups is 2. The number of aryl methyl sites for hydroxylation is 1. The van der Waals surface area contributed by atoms with Gasteiger partial charge in [-0.15, -0.1) is 0 Å². The molecule has 25 heavy (non-hydrogen) atoms. The molecule has 1 N–H and O–H groups in total. The molecule has 0 spiro atoms. The van der Waals surface area contributed by atoms with Crippen molar-refractivity contribution in [2.45, 2.75) is 32.7 Å². The Morgan fingerprint density at radius 2 is 1.88 bits per heavy atom. The third-order valence-electron chi connectivity index (χ3n) is 4.26. The van der Waals surface area contributed by atoms with Crippen molar-refractivity contribution in [3.63, 3.8) is 0 Å². The number of esters is 1.